The van der Waals surface area contributed by atoms with E-state index in [1.165, 1.54) is 17.4 Å². The first-order valence-corrected chi connectivity index (χ1v) is 8.42. The highest BCUT2D eigenvalue weighted by atomic mass is 35.5. The van der Waals surface area contributed by atoms with E-state index in [1.807, 2.05) is 12.1 Å². The van der Waals surface area contributed by atoms with Crippen LogP contribution in [-0.2, 0) is 0 Å². The summed E-state index contributed by atoms with van der Waals surface area (Å²) in [5, 5.41) is 3.35. The summed E-state index contributed by atoms with van der Waals surface area (Å²) in [6.07, 6.45) is 0. The summed E-state index contributed by atoms with van der Waals surface area (Å²) in [6, 6.07) is 8.56. The Labute approximate surface area is 150 Å². The van der Waals surface area contributed by atoms with Gasteiger partial charge in [-0.2, -0.15) is 0 Å². The molecule has 1 aliphatic heterocycles. The van der Waals surface area contributed by atoms with E-state index in [2.05, 4.69) is 10.2 Å². The molecule has 1 fully saturated rings. The molecule has 0 unspecified atom stereocenters. The van der Waals surface area contributed by atoms with Crippen LogP contribution in [0.15, 0.2) is 30.3 Å². The van der Waals surface area contributed by atoms with Crippen molar-refractivity contribution in [3.05, 3.63) is 50.9 Å². The van der Waals surface area contributed by atoms with Gasteiger partial charge >= 0.3 is 0 Å². The van der Waals surface area contributed by atoms with Gasteiger partial charge in [0.25, 0.3) is 0 Å². The molecule has 0 amide bonds. The van der Waals surface area contributed by atoms with Gasteiger partial charge in [0.05, 0.1) is 17.5 Å². The topological polar surface area (TPSA) is 24.5 Å². The molecular formula is C16H19Cl2FN2OS. The van der Waals surface area contributed by atoms with E-state index < -0.39 is 0 Å². The third-order valence-electron chi connectivity index (χ3n) is 3.87. The summed E-state index contributed by atoms with van der Waals surface area (Å²) in [4.78, 5) is 3.45. The van der Waals surface area contributed by atoms with E-state index in [0.29, 0.717) is 5.75 Å². The van der Waals surface area contributed by atoms with Crippen molar-refractivity contribution in [1.29, 1.82) is 0 Å². The monoisotopic (exact) mass is 376 g/mol. The zero-order chi connectivity index (χ0) is 15.5. The van der Waals surface area contributed by atoms with Crippen molar-refractivity contribution in [1.82, 2.24) is 10.2 Å². The quantitative estimate of drug-likeness (QED) is 0.873. The first-order chi connectivity index (χ1) is 10.7. The van der Waals surface area contributed by atoms with Crippen LogP contribution in [0, 0.1) is 5.82 Å². The largest absolute Gasteiger partial charge is 0.496 e. The average Bonchev–Trinajstić information content (AvgIpc) is 2.95. The Morgan fingerprint density at radius 2 is 2.00 bits per heavy atom. The molecule has 2 heterocycles. The Bertz CT molecular complexity index is 647. The van der Waals surface area contributed by atoms with Crippen molar-refractivity contribution in [2.24, 2.45) is 0 Å². The molecule has 0 bridgehead atoms. The highest BCUT2D eigenvalue weighted by molar-refractivity contribution is 7.16. The van der Waals surface area contributed by atoms with Crippen molar-refractivity contribution >= 4 is 35.3 Å². The van der Waals surface area contributed by atoms with Gasteiger partial charge in [-0.15, -0.1) is 23.7 Å². The van der Waals surface area contributed by atoms with Crippen LogP contribution in [-0.4, -0.2) is 38.2 Å². The Hall–Kier alpha value is -0.850. The van der Waals surface area contributed by atoms with E-state index in [4.69, 9.17) is 16.3 Å². The minimum Gasteiger partial charge on any atom is -0.496 e. The van der Waals surface area contributed by atoms with Crippen LogP contribution < -0.4 is 10.1 Å². The highest BCUT2D eigenvalue weighted by Crippen LogP contribution is 2.39. The van der Waals surface area contributed by atoms with Gasteiger partial charge in [-0.05, 0) is 30.3 Å². The SMILES string of the molecule is COc1ccc(F)cc1[C@H](c1ccc(Cl)s1)N1CCNCC1.Cl. The summed E-state index contributed by atoms with van der Waals surface area (Å²) in [5.41, 5.74) is 0.850. The molecule has 1 atom stereocenters. The van der Waals surface area contributed by atoms with Crippen LogP contribution in [0.1, 0.15) is 16.5 Å². The van der Waals surface area contributed by atoms with Crippen molar-refractivity contribution in [2.45, 2.75) is 6.04 Å². The maximum atomic E-state index is 13.8. The summed E-state index contributed by atoms with van der Waals surface area (Å²) >= 11 is 7.65. The van der Waals surface area contributed by atoms with E-state index >= 15 is 0 Å². The van der Waals surface area contributed by atoms with E-state index in [-0.39, 0.29) is 24.3 Å². The molecule has 126 valence electrons. The summed E-state index contributed by atoms with van der Waals surface area (Å²) in [5.74, 6) is 0.452. The summed E-state index contributed by atoms with van der Waals surface area (Å²) in [6.45, 7) is 3.65. The van der Waals surface area contributed by atoms with Gasteiger partial charge in [-0.3, -0.25) is 4.90 Å². The van der Waals surface area contributed by atoms with Crippen LogP contribution >= 0.6 is 35.3 Å². The minimum atomic E-state index is -0.251. The molecule has 7 heteroatoms. The fourth-order valence-electron chi connectivity index (χ4n) is 2.86. The maximum Gasteiger partial charge on any atom is 0.124 e. The third kappa shape index (κ3) is 4.17. The van der Waals surface area contributed by atoms with Crippen LogP contribution in [0.4, 0.5) is 4.39 Å². The molecule has 1 N–H and O–H groups in total. The second kappa shape index (κ2) is 8.31. The van der Waals surface area contributed by atoms with Crippen molar-refractivity contribution in [2.75, 3.05) is 33.3 Å². The van der Waals surface area contributed by atoms with Crippen molar-refractivity contribution < 1.29 is 9.13 Å². The first kappa shape index (κ1) is 18.5. The second-order valence-corrected chi connectivity index (χ2v) is 6.96. The fraction of sp³-hybridized carbons (Fsp3) is 0.375. The second-order valence-electron chi connectivity index (χ2n) is 5.22. The molecule has 3 nitrogen and oxygen atoms in total. The number of piperazine rings is 1. The molecule has 1 aromatic heterocycles. The Kier molecular flexibility index (Phi) is 6.68. The average molecular weight is 377 g/mol. The normalized spacial score (nSPS) is 16.7. The van der Waals surface area contributed by atoms with Crippen molar-refractivity contribution in [3.63, 3.8) is 0 Å². The fourth-order valence-corrected chi connectivity index (χ4v) is 4.08. The molecule has 0 radical (unpaired) electrons. The van der Waals surface area contributed by atoms with Crippen LogP contribution in [0.2, 0.25) is 4.34 Å². The van der Waals surface area contributed by atoms with Gasteiger partial charge in [0, 0.05) is 36.6 Å². The lowest BCUT2D eigenvalue weighted by molar-refractivity contribution is 0.197. The molecule has 1 aliphatic rings. The van der Waals surface area contributed by atoms with E-state index in [9.17, 15) is 4.39 Å². The maximum absolute atomic E-state index is 13.8. The van der Waals surface area contributed by atoms with Gasteiger partial charge in [0.2, 0.25) is 0 Å². The number of hydrogen-bond acceptors (Lipinski definition) is 4. The van der Waals surface area contributed by atoms with E-state index in [0.717, 1.165) is 41.0 Å². The third-order valence-corrected chi connectivity index (χ3v) is 5.15. The predicted octanol–water partition coefficient (Wildman–Crippen LogP) is 3.97. The Morgan fingerprint density at radius 3 is 2.61 bits per heavy atom. The molecular weight excluding hydrogens is 358 g/mol. The molecule has 0 spiro atoms. The molecule has 0 saturated carbocycles. The zero-order valence-corrected chi connectivity index (χ0v) is 15.1. The number of benzene rings is 1. The zero-order valence-electron chi connectivity index (χ0n) is 12.7. The van der Waals surface area contributed by atoms with E-state index in [1.54, 1.807) is 19.2 Å². The number of nitrogens with one attached hydrogen (secondary N) is 1. The van der Waals surface area contributed by atoms with Gasteiger partial charge < -0.3 is 10.1 Å². The minimum absolute atomic E-state index is 0. The molecule has 23 heavy (non-hydrogen) atoms. The summed E-state index contributed by atoms with van der Waals surface area (Å²) < 4.78 is 20.0. The molecule has 1 aromatic carbocycles. The first-order valence-electron chi connectivity index (χ1n) is 7.22. The lowest BCUT2D eigenvalue weighted by Gasteiger charge is -2.35. The standard InChI is InChI=1S/C16H18ClFN2OS.ClH/c1-21-13-3-2-11(18)10-12(13)16(14-4-5-15(17)22-14)20-8-6-19-7-9-20;/h2-5,10,16,19H,6-9H2,1H3;1H/t16-;/m1./s1. The molecule has 0 aliphatic carbocycles. The lowest BCUT2D eigenvalue weighted by Crippen LogP contribution is -2.45. The number of ether oxygens (including phenoxy) is 1. The molecule has 3 rings (SSSR count). The van der Waals surface area contributed by atoms with Crippen LogP contribution in [0.5, 0.6) is 5.75 Å². The van der Waals surface area contributed by atoms with Crippen LogP contribution in [0.3, 0.4) is 0 Å². The number of hydrogen-bond donors (Lipinski definition) is 1. The number of rotatable bonds is 4. The Morgan fingerprint density at radius 1 is 1.26 bits per heavy atom. The van der Waals surface area contributed by atoms with Crippen LogP contribution in [0.25, 0.3) is 0 Å². The highest BCUT2D eigenvalue weighted by Gasteiger charge is 2.28. The number of methoxy groups -OCH3 is 1. The number of halogens is 3. The van der Waals surface area contributed by atoms with Gasteiger partial charge in [-0.25, -0.2) is 4.39 Å². The van der Waals surface area contributed by atoms with Gasteiger partial charge in [0.15, 0.2) is 0 Å². The molecule has 2 aromatic rings. The lowest BCUT2D eigenvalue weighted by atomic mass is 10.0. The summed E-state index contributed by atoms with van der Waals surface area (Å²) in [7, 11) is 1.62. The molecule has 1 saturated heterocycles. The van der Waals surface area contributed by atoms with Gasteiger partial charge in [-0.1, -0.05) is 11.6 Å². The van der Waals surface area contributed by atoms with Gasteiger partial charge in [0.1, 0.15) is 11.6 Å². The predicted molar refractivity (Wildman–Crippen MR) is 95.8 cm³/mol. The smallest absolute Gasteiger partial charge is 0.124 e. The Balaban J connectivity index is 0.00000192. The number of nitrogens with zero attached hydrogens (tertiary/aromatic N) is 1. The van der Waals surface area contributed by atoms with Crippen molar-refractivity contribution in [3.8, 4) is 5.75 Å². The number of thiophene rings is 1.